The highest BCUT2D eigenvalue weighted by molar-refractivity contribution is 5.39. The Bertz CT molecular complexity index is 1030. The number of anilines is 1. The topological polar surface area (TPSA) is 94.6 Å². The molecule has 1 fully saturated rings. The summed E-state index contributed by atoms with van der Waals surface area (Å²) in [5.74, 6) is 0.917. The van der Waals surface area contributed by atoms with Crippen LogP contribution < -0.4 is 10.5 Å². The highest BCUT2D eigenvalue weighted by atomic mass is 19.4. The molecule has 0 unspecified atom stereocenters. The summed E-state index contributed by atoms with van der Waals surface area (Å²) in [6.07, 6.45) is 0.706. The normalized spacial score (nSPS) is 15.6. The van der Waals surface area contributed by atoms with E-state index < -0.39 is 11.9 Å². The van der Waals surface area contributed by atoms with Crippen LogP contribution in [0.3, 0.4) is 0 Å². The summed E-state index contributed by atoms with van der Waals surface area (Å²) in [6, 6.07) is 3.97. The number of aromatic nitrogens is 7. The van der Waals surface area contributed by atoms with Crippen LogP contribution in [0.2, 0.25) is 0 Å². The van der Waals surface area contributed by atoms with Crippen molar-refractivity contribution in [2.75, 3.05) is 18.0 Å². The summed E-state index contributed by atoms with van der Waals surface area (Å²) >= 11 is 0. The molecule has 9 nitrogen and oxygen atoms in total. The van der Waals surface area contributed by atoms with Gasteiger partial charge in [-0.2, -0.15) is 18.3 Å². The van der Waals surface area contributed by atoms with E-state index >= 15 is 0 Å². The molecule has 29 heavy (non-hydrogen) atoms. The fourth-order valence-corrected chi connectivity index (χ4v) is 3.28. The van der Waals surface area contributed by atoms with Crippen molar-refractivity contribution >= 4 is 5.82 Å². The van der Waals surface area contributed by atoms with E-state index in [0.717, 1.165) is 12.4 Å². The third-order valence-electron chi connectivity index (χ3n) is 4.82. The highest BCUT2D eigenvalue weighted by Gasteiger charge is 2.33. The Balaban J connectivity index is 1.42. The second-order valence-electron chi connectivity index (χ2n) is 6.74. The minimum absolute atomic E-state index is 0.173. The molecule has 4 heterocycles. The number of hydrogen-bond donors (Lipinski definition) is 0. The monoisotopic (exact) mass is 406 g/mol. The van der Waals surface area contributed by atoms with Crippen molar-refractivity contribution in [3.05, 3.63) is 53.2 Å². The third-order valence-corrected chi connectivity index (χ3v) is 4.82. The Hall–Kier alpha value is -3.31. The van der Waals surface area contributed by atoms with Crippen molar-refractivity contribution in [2.45, 2.75) is 25.6 Å². The summed E-state index contributed by atoms with van der Waals surface area (Å²) in [5.41, 5.74) is -1.17. The van der Waals surface area contributed by atoms with E-state index in [9.17, 15) is 18.0 Å². The van der Waals surface area contributed by atoms with Gasteiger partial charge in [0.25, 0.3) is 5.56 Å². The van der Waals surface area contributed by atoms with E-state index in [1.165, 1.54) is 28.1 Å². The lowest BCUT2D eigenvalue weighted by molar-refractivity contribution is -0.141. The lowest BCUT2D eigenvalue weighted by Gasteiger charge is -2.32. The molecule has 1 saturated heterocycles. The molecule has 0 radical (unpaired) electrons. The molecule has 0 aliphatic carbocycles. The Morgan fingerprint density at radius 3 is 2.55 bits per heavy atom. The molecule has 0 spiro atoms. The fraction of sp³-hybridized carbons (Fsp3) is 0.412. The SMILES string of the molecule is O=c1ccc(-n2cncn2)nn1CC1CCN(c2cc(C(F)(F)F)ncn2)CC1. The minimum atomic E-state index is -4.50. The van der Waals surface area contributed by atoms with Gasteiger partial charge in [0.2, 0.25) is 0 Å². The molecule has 152 valence electrons. The number of halogens is 3. The van der Waals surface area contributed by atoms with Crippen LogP contribution in [0.5, 0.6) is 0 Å². The Morgan fingerprint density at radius 1 is 1.07 bits per heavy atom. The number of hydrogen-bond acceptors (Lipinski definition) is 7. The molecule has 3 aromatic rings. The van der Waals surface area contributed by atoms with Crippen LogP contribution in [-0.4, -0.2) is 47.6 Å². The molecule has 0 aromatic carbocycles. The second kappa shape index (κ2) is 7.60. The number of nitrogens with zero attached hydrogens (tertiary/aromatic N) is 8. The van der Waals surface area contributed by atoms with Gasteiger partial charge in [0.05, 0.1) is 0 Å². The van der Waals surface area contributed by atoms with Gasteiger partial charge in [-0.1, -0.05) is 0 Å². The predicted molar refractivity (Wildman–Crippen MR) is 95.4 cm³/mol. The largest absolute Gasteiger partial charge is 0.433 e. The van der Waals surface area contributed by atoms with Crippen LogP contribution in [0.1, 0.15) is 18.5 Å². The van der Waals surface area contributed by atoms with Crippen molar-refractivity contribution in [3.8, 4) is 5.82 Å². The number of alkyl halides is 3. The van der Waals surface area contributed by atoms with Crippen molar-refractivity contribution in [1.82, 2.24) is 34.5 Å². The van der Waals surface area contributed by atoms with Gasteiger partial charge in [0.15, 0.2) is 5.82 Å². The fourth-order valence-electron chi connectivity index (χ4n) is 3.28. The van der Waals surface area contributed by atoms with Crippen LogP contribution in [0.25, 0.3) is 5.82 Å². The third kappa shape index (κ3) is 4.25. The molecular weight excluding hydrogens is 389 g/mol. The standard InChI is InChI=1S/C17H17F3N8O/c18-17(19,20)13-7-15(23-10-22-13)26-5-3-12(4-6-26)8-27-16(29)2-1-14(25-27)28-11-21-9-24-28/h1-2,7,9-12H,3-6,8H2. The van der Waals surface area contributed by atoms with E-state index in [1.54, 1.807) is 11.0 Å². The molecule has 0 atom stereocenters. The molecule has 0 saturated carbocycles. The minimum Gasteiger partial charge on any atom is -0.356 e. The van der Waals surface area contributed by atoms with Gasteiger partial charge in [-0.15, -0.1) is 5.10 Å². The molecule has 0 bridgehead atoms. The first-order valence-electron chi connectivity index (χ1n) is 8.97. The zero-order chi connectivity index (χ0) is 20.4. The highest BCUT2D eigenvalue weighted by Crippen LogP contribution is 2.30. The van der Waals surface area contributed by atoms with Crippen LogP contribution in [-0.2, 0) is 12.7 Å². The number of piperidine rings is 1. The Labute approximate surface area is 162 Å². The lowest BCUT2D eigenvalue weighted by atomic mass is 9.97. The molecule has 1 aliphatic heterocycles. The van der Waals surface area contributed by atoms with E-state index in [2.05, 4.69) is 25.1 Å². The van der Waals surface area contributed by atoms with Gasteiger partial charge < -0.3 is 4.90 Å². The first kappa shape index (κ1) is 19.0. The second-order valence-corrected chi connectivity index (χ2v) is 6.74. The molecule has 4 rings (SSSR count). The van der Waals surface area contributed by atoms with Gasteiger partial charge in [0.1, 0.15) is 30.5 Å². The van der Waals surface area contributed by atoms with Crippen LogP contribution in [0, 0.1) is 5.92 Å². The molecule has 0 amide bonds. The average Bonchev–Trinajstić information content (AvgIpc) is 3.25. The Kier molecular flexibility index (Phi) is 4.99. The van der Waals surface area contributed by atoms with Gasteiger partial charge in [0, 0.05) is 31.8 Å². The van der Waals surface area contributed by atoms with Crippen LogP contribution in [0.4, 0.5) is 19.0 Å². The first-order valence-corrected chi connectivity index (χ1v) is 8.97. The maximum Gasteiger partial charge on any atom is 0.433 e. The van der Waals surface area contributed by atoms with Crippen LogP contribution >= 0.6 is 0 Å². The van der Waals surface area contributed by atoms with E-state index in [1.807, 2.05) is 0 Å². The summed E-state index contributed by atoms with van der Waals surface area (Å²) in [6.45, 7) is 1.50. The Morgan fingerprint density at radius 2 is 1.86 bits per heavy atom. The average molecular weight is 406 g/mol. The van der Waals surface area contributed by atoms with Gasteiger partial charge in [-0.3, -0.25) is 4.79 Å². The van der Waals surface area contributed by atoms with Crippen molar-refractivity contribution in [3.63, 3.8) is 0 Å². The molecular formula is C17H17F3N8O. The maximum atomic E-state index is 12.9. The molecule has 1 aliphatic rings. The van der Waals surface area contributed by atoms with E-state index in [-0.39, 0.29) is 17.3 Å². The first-order chi connectivity index (χ1) is 13.9. The van der Waals surface area contributed by atoms with Crippen molar-refractivity contribution in [1.29, 1.82) is 0 Å². The van der Waals surface area contributed by atoms with E-state index in [0.29, 0.717) is 38.3 Å². The summed E-state index contributed by atoms with van der Waals surface area (Å²) < 4.78 is 41.4. The predicted octanol–water partition coefficient (Wildman–Crippen LogP) is 1.55. The summed E-state index contributed by atoms with van der Waals surface area (Å²) in [7, 11) is 0. The summed E-state index contributed by atoms with van der Waals surface area (Å²) in [5, 5.41) is 8.33. The van der Waals surface area contributed by atoms with E-state index in [4.69, 9.17) is 0 Å². The zero-order valence-electron chi connectivity index (χ0n) is 15.2. The van der Waals surface area contributed by atoms with Gasteiger partial charge in [-0.25, -0.2) is 24.3 Å². The van der Waals surface area contributed by atoms with Gasteiger partial charge in [-0.05, 0) is 24.8 Å². The zero-order valence-corrected chi connectivity index (χ0v) is 15.2. The smallest absolute Gasteiger partial charge is 0.356 e. The molecule has 3 aromatic heterocycles. The quantitative estimate of drug-likeness (QED) is 0.649. The molecule has 0 N–H and O–H groups in total. The molecule has 12 heteroatoms. The van der Waals surface area contributed by atoms with Crippen molar-refractivity contribution in [2.24, 2.45) is 5.92 Å². The number of rotatable bonds is 4. The van der Waals surface area contributed by atoms with Crippen LogP contribution in [0.15, 0.2) is 42.0 Å². The maximum absolute atomic E-state index is 12.9. The lowest BCUT2D eigenvalue weighted by Crippen LogP contribution is -2.37. The van der Waals surface area contributed by atoms with Gasteiger partial charge >= 0.3 is 6.18 Å². The summed E-state index contributed by atoms with van der Waals surface area (Å²) in [4.78, 5) is 25.1. The van der Waals surface area contributed by atoms with Crippen molar-refractivity contribution < 1.29 is 13.2 Å².